The van der Waals surface area contributed by atoms with Crippen LogP contribution in [0, 0.1) is 18.5 Å². The van der Waals surface area contributed by atoms with Crippen molar-refractivity contribution in [3.05, 3.63) is 259 Å². The predicted molar refractivity (Wildman–Crippen MR) is 285 cm³/mol. The molecule has 11 aromatic rings. The zero-order valence-electron chi connectivity index (χ0n) is 40.8. The summed E-state index contributed by atoms with van der Waals surface area (Å²) in [5, 5.41) is 2.19. The molecule has 0 aliphatic carbocycles. The maximum absolute atomic E-state index is 6.91. The average molecular weight is 1100 g/mol. The van der Waals surface area contributed by atoms with E-state index in [1.807, 2.05) is 23.0 Å². The minimum atomic E-state index is -0.254. The Morgan fingerprint density at radius 1 is 0.549 bits per heavy atom. The van der Waals surface area contributed by atoms with E-state index in [0.717, 1.165) is 61.3 Å². The van der Waals surface area contributed by atoms with E-state index >= 15 is 0 Å². The third-order valence-electron chi connectivity index (χ3n) is 14.1. The quantitative estimate of drug-likeness (QED) is 0.0903. The Morgan fingerprint density at radius 3 is 1.94 bits per heavy atom. The first-order valence-electron chi connectivity index (χ1n) is 24.1. The van der Waals surface area contributed by atoms with Crippen molar-refractivity contribution in [2.75, 3.05) is 0 Å². The van der Waals surface area contributed by atoms with Crippen molar-refractivity contribution in [3.8, 4) is 50.9 Å². The zero-order valence-corrected chi connectivity index (χ0v) is 43.1. The number of hydrogen-bond donors (Lipinski definition) is 0. The predicted octanol–water partition coefficient (Wildman–Crippen LogP) is 15.5. The number of fused-ring (bicyclic) bond motifs is 3. The second kappa shape index (κ2) is 19.3. The number of pyridine rings is 1. The zero-order chi connectivity index (χ0) is 48.0. The maximum Gasteiger partial charge on any atom is 0.267 e. The van der Waals surface area contributed by atoms with Crippen molar-refractivity contribution in [3.63, 3.8) is 0 Å². The summed E-state index contributed by atoms with van der Waals surface area (Å²) < 4.78 is 13.2. The summed E-state index contributed by atoms with van der Waals surface area (Å²) in [6.45, 7) is 13.6. The molecule has 0 N–H and O–H groups in total. The van der Waals surface area contributed by atoms with Gasteiger partial charge in [0, 0.05) is 67.5 Å². The topological polar surface area (TPSA) is 35.9 Å². The molecule has 0 atom stereocenters. The Bertz CT molecular complexity index is 3660. The average Bonchev–Trinajstić information content (AvgIpc) is 4.03. The summed E-state index contributed by atoms with van der Waals surface area (Å²) in [7, 11) is 0. The first-order chi connectivity index (χ1) is 34.0. The Hall–Kier alpha value is -7.59. The van der Waals surface area contributed by atoms with E-state index < -0.39 is 0 Å². The molecule has 0 amide bonds. The van der Waals surface area contributed by atoms with Gasteiger partial charge in [0.05, 0.1) is 5.69 Å². The van der Waals surface area contributed by atoms with Crippen molar-refractivity contribution >= 4 is 21.8 Å². The molecule has 0 fully saturated rings. The van der Waals surface area contributed by atoms with Crippen LogP contribution in [0.3, 0.4) is 0 Å². The monoisotopic (exact) mass is 1100 g/mol. The number of aromatic nitrogens is 4. The molecule has 11 rings (SSSR count). The fraction of sp³-hybridized carbons (Fsp3) is 0.138. The van der Waals surface area contributed by atoms with Crippen LogP contribution < -0.4 is 9.30 Å². The van der Waals surface area contributed by atoms with E-state index in [1.165, 1.54) is 27.8 Å². The van der Waals surface area contributed by atoms with E-state index in [-0.39, 0.29) is 31.9 Å². The Kier molecular flexibility index (Phi) is 12.8. The minimum Gasteiger partial charge on any atom is -0.510 e. The molecule has 8 aromatic carbocycles. The fourth-order valence-corrected chi connectivity index (χ4v) is 9.90. The van der Waals surface area contributed by atoms with Crippen molar-refractivity contribution < 1.29 is 30.4 Å². The summed E-state index contributed by atoms with van der Waals surface area (Å²) in [5.41, 5.74) is 13.9. The van der Waals surface area contributed by atoms with Gasteiger partial charge in [0.1, 0.15) is 5.82 Å². The van der Waals surface area contributed by atoms with Crippen molar-refractivity contribution in [2.45, 2.75) is 58.3 Å². The van der Waals surface area contributed by atoms with Gasteiger partial charge in [-0.25, -0.2) is 4.98 Å². The molecule has 3 aromatic heterocycles. The number of benzene rings is 8. The van der Waals surface area contributed by atoms with Crippen LogP contribution in [0.4, 0.5) is 0 Å². The third-order valence-corrected chi connectivity index (χ3v) is 14.1. The molecule has 0 unspecified atom stereocenters. The molecular weight excluding hydrogens is 1050 g/mol. The van der Waals surface area contributed by atoms with Crippen molar-refractivity contribution in [2.24, 2.45) is 0 Å². The van der Waals surface area contributed by atoms with Gasteiger partial charge in [-0.3, -0.25) is 4.57 Å². The molecule has 0 radical (unpaired) electrons. The number of para-hydroxylation sites is 1. The van der Waals surface area contributed by atoms with Crippen LogP contribution in [0.15, 0.2) is 213 Å². The Morgan fingerprint density at radius 2 is 1.21 bits per heavy atom. The van der Waals surface area contributed by atoms with Gasteiger partial charge in [-0.15, -0.1) is 35.2 Å². The van der Waals surface area contributed by atoms with Crippen molar-refractivity contribution in [1.29, 1.82) is 0 Å². The first kappa shape index (κ1) is 47.1. The van der Waals surface area contributed by atoms with E-state index in [0.29, 0.717) is 17.4 Å². The van der Waals surface area contributed by atoms with Gasteiger partial charge >= 0.3 is 0 Å². The molecule has 0 aliphatic rings. The first-order valence-corrected chi connectivity index (χ1v) is 24.1. The van der Waals surface area contributed by atoms with Crippen LogP contribution in [0.5, 0.6) is 11.5 Å². The standard InChI is InChI=1S/C65H54N4O.Pt/c1-45(2)57-26-16-17-27-58(57)48-38-54(68-35-34-67(44-68)53-37-47(46-20-10-7-11-21-46)36-52(40-53)65(5,6)50-24-14-9-15-25-50)42-56(39-48)70-55-30-31-60-59-28-18-19-29-61(59)69(62(60)43-55)63-41-51(32-33-66-63)64(3,4)49-22-12-8-13-23-49;/h7-41,45H,1-6H3;/q-2;. The van der Waals surface area contributed by atoms with Gasteiger partial charge in [-0.05, 0) is 91.8 Å². The third kappa shape index (κ3) is 9.08. The SMILES string of the molecule is CC(C)c1ccccc1-c1cc(Oc2[c-]c3c(cc2)c2ccccc2n3-c2cc(C(C)(C)c3ccccc3)ccn2)[c-]c(-n2[c-][n+](-c3cc(-c4ccccc4)cc(C(C)(C)c4ccccc4)c3)cc2)c1.[Pt]. The summed E-state index contributed by atoms with van der Waals surface area (Å²) in [4.78, 5) is 4.98. The normalized spacial score (nSPS) is 11.8. The number of rotatable bonds is 12. The molecule has 0 saturated carbocycles. The smallest absolute Gasteiger partial charge is 0.267 e. The molecule has 3 heterocycles. The van der Waals surface area contributed by atoms with E-state index in [9.17, 15) is 0 Å². The van der Waals surface area contributed by atoms with Gasteiger partial charge in [-0.1, -0.05) is 187 Å². The van der Waals surface area contributed by atoms with E-state index in [1.54, 1.807) is 0 Å². The van der Waals surface area contributed by atoms with Crippen LogP contribution in [0.25, 0.3) is 61.3 Å². The molecule has 71 heavy (non-hydrogen) atoms. The molecule has 0 aliphatic heterocycles. The van der Waals surface area contributed by atoms with Gasteiger partial charge < -0.3 is 13.9 Å². The van der Waals surface area contributed by atoms with Gasteiger partial charge in [-0.2, -0.15) is 12.1 Å². The van der Waals surface area contributed by atoms with Crippen LogP contribution in [-0.4, -0.2) is 14.1 Å². The minimum absolute atomic E-state index is 0. The molecule has 0 saturated heterocycles. The second-order valence-corrected chi connectivity index (χ2v) is 19.6. The summed E-state index contributed by atoms with van der Waals surface area (Å²) in [6.07, 6.45) is 9.69. The molecule has 5 nitrogen and oxygen atoms in total. The summed E-state index contributed by atoms with van der Waals surface area (Å²) in [6, 6.07) is 76.0. The Balaban J connectivity index is 0.00000582. The molecular formula is C65H54N4OPt-2. The summed E-state index contributed by atoms with van der Waals surface area (Å²) in [5.74, 6) is 2.28. The van der Waals surface area contributed by atoms with E-state index in [2.05, 4.69) is 263 Å². The number of hydrogen-bond acceptors (Lipinski definition) is 2. The molecule has 352 valence electrons. The Labute approximate surface area is 432 Å². The van der Waals surface area contributed by atoms with E-state index in [4.69, 9.17) is 9.72 Å². The number of imidazole rings is 1. The summed E-state index contributed by atoms with van der Waals surface area (Å²) >= 11 is 0. The number of ether oxygens (including phenoxy) is 1. The molecule has 0 spiro atoms. The number of nitrogens with zero attached hydrogens (tertiary/aromatic N) is 4. The van der Waals surface area contributed by atoms with Gasteiger partial charge in [0.15, 0.2) is 0 Å². The molecule has 0 bridgehead atoms. The van der Waals surface area contributed by atoms with Crippen LogP contribution in [0.1, 0.15) is 75.3 Å². The largest absolute Gasteiger partial charge is 0.510 e. The van der Waals surface area contributed by atoms with Crippen LogP contribution in [-0.2, 0) is 31.9 Å². The maximum atomic E-state index is 6.91. The van der Waals surface area contributed by atoms with Crippen LogP contribution in [0.2, 0.25) is 0 Å². The van der Waals surface area contributed by atoms with Gasteiger partial charge in [0.25, 0.3) is 6.33 Å². The fourth-order valence-electron chi connectivity index (χ4n) is 9.90. The second-order valence-electron chi connectivity index (χ2n) is 19.6. The molecule has 6 heteroatoms. The van der Waals surface area contributed by atoms with Gasteiger partial charge in [0.2, 0.25) is 0 Å². The van der Waals surface area contributed by atoms with Crippen LogP contribution >= 0.6 is 0 Å². The van der Waals surface area contributed by atoms with Crippen molar-refractivity contribution in [1.82, 2.24) is 14.1 Å².